The molecule has 3 nitrogen and oxygen atoms in total. The first-order valence-electron chi connectivity index (χ1n) is 2.89. The molecule has 0 aliphatic heterocycles. The molecule has 0 fully saturated rings. The van der Waals surface area contributed by atoms with Crippen LogP contribution in [0.5, 0.6) is 0 Å². The quantitative estimate of drug-likeness (QED) is 0.546. The Labute approximate surface area is 84.0 Å². The van der Waals surface area contributed by atoms with E-state index < -0.39 is 27.6 Å². The van der Waals surface area contributed by atoms with E-state index in [1.54, 1.807) is 0 Å². The lowest BCUT2D eigenvalue weighted by Gasteiger charge is -2.17. The first-order chi connectivity index (χ1) is 5.30. The number of carbonyl (C=O) groups is 3. The predicted molar refractivity (Wildman–Crippen MR) is 45.3 cm³/mol. The van der Waals surface area contributed by atoms with Crippen molar-refractivity contribution in [2.45, 2.75) is 13.3 Å². The Morgan fingerprint density at radius 3 is 1.50 bits per heavy atom. The van der Waals surface area contributed by atoms with Gasteiger partial charge < -0.3 is 0 Å². The minimum Gasteiger partial charge on any atom is -0.281 e. The topological polar surface area (TPSA) is 51.2 Å². The summed E-state index contributed by atoms with van der Waals surface area (Å²) in [7, 11) is 0. The molecule has 0 spiro atoms. The number of rotatable bonds is 4. The Morgan fingerprint density at radius 1 is 1.08 bits per heavy atom. The molecule has 0 aromatic heterocycles. The summed E-state index contributed by atoms with van der Waals surface area (Å²) in [6.07, 6.45) is -0.487. The van der Waals surface area contributed by atoms with Gasteiger partial charge in [0.25, 0.3) is 0 Å². The van der Waals surface area contributed by atoms with Gasteiger partial charge in [0.05, 0.1) is 0 Å². The van der Waals surface area contributed by atoms with E-state index in [0.29, 0.717) is 0 Å². The Bertz CT molecular complexity index is 222. The monoisotopic (exact) mass is 230 g/mol. The third kappa shape index (κ3) is 2.73. The highest BCUT2D eigenvalue weighted by Crippen LogP contribution is 2.28. The van der Waals surface area contributed by atoms with Crippen LogP contribution >= 0.6 is 34.8 Å². The molecule has 0 atom stereocenters. The van der Waals surface area contributed by atoms with Gasteiger partial charge in [0.15, 0.2) is 0 Å². The Morgan fingerprint density at radius 2 is 1.42 bits per heavy atom. The van der Waals surface area contributed by atoms with Crippen molar-refractivity contribution in [1.29, 1.82) is 0 Å². The molecule has 0 radical (unpaired) electrons. The van der Waals surface area contributed by atoms with Gasteiger partial charge in [-0.3, -0.25) is 14.4 Å². The van der Waals surface area contributed by atoms with Crippen molar-refractivity contribution in [2.75, 3.05) is 0 Å². The Balaban J connectivity index is 4.75. The molecule has 0 aliphatic carbocycles. The van der Waals surface area contributed by atoms with Crippen LogP contribution in [-0.2, 0) is 14.4 Å². The number of carbonyl (C=O) groups excluding carboxylic acids is 3. The summed E-state index contributed by atoms with van der Waals surface area (Å²) in [6, 6.07) is 0. The van der Waals surface area contributed by atoms with Crippen molar-refractivity contribution in [2.24, 2.45) is 5.41 Å². The van der Waals surface area contributed by atoms with Gasteiger partial charge >= 0.3 is 0 Å². The summed E-state index contributed by atoms with van der Waals surface area (Å²) in [4.78, 5) is 31.8. The van der Waals surface area contributed by atoms with E-state index in [2.05, 4.69) is 0 Å². The number of halogens is 3. The second-order valence-electron chi connectivity index (χ2n) is 2.41. The molecule has 0 aromatic carbocycles. The van der Waals surface area contributed by atoms with Gasteiger partial charge in [-0.05, 0) is 41.7 Å². The number of hydrogen-bond donors (Lipinski definition) is 0. The van der Waals surface area contributed by atoms with Gasteiger partial charge in [-0.2, -0.15) is 0 Å². The van der Waals surface area contributed by atoms with E-state index >= 15 is 0 Å². The average Bonchev–Trinajstić information content (AvgIpc) is 1.84. The largest absolute Gasteiger partial charge is 0.281 e. The molecular formula is C6H5Cl3O3. The first-order valence-corrected chi connectivity index (χ1v) is 4.02. The minimum atomic E-state index is -1.71. The molecule has 0 saturated heterocycles. The van der Waals surface area contributed by atoms with Crippen molar-refractivity contribution >= 4 is 50.5 Å². The van der Waals surface area contributed by atoms with E-state index in [-0.39, 0.29) is 0 Å². The summed E-state index contributed by atoms with van der Waals surface area (Å²) >= 11 is 15.1. The van der Waals surface area contributed by atoms with Gasteiger partial charge in [0, 0.05) is 6.42 Å². The highest BCUT2D eigenvalue weighted by molar-refractivity contribution is 6.75. The summed E-state index contributed by atoms with van der Waals surface area (Å²) < 4.78 is 0. The molecule has 0 bridgehead atoms. The van der Waals surface area contributed by atoms with Gasteiger partial charge in [-0.1, -0.05) is 0 Å². The SMILES string of the molecule is CC(CC(=O)Cl)(C(=O)Cl)C(=O)Cl. The Kier molecular flexibility index (Phi) is 4.17. The van der Waals surface area contributed by atoms with Crippen LogP contribution in [-0.4, -0.2) is 15.7 Å². The lowest BCUT2D eigenvalue weighted by atomic mass is 9.91. The molecule has 0 heterocycles. The number of hydrogen-bond acceptors (Lipinski definition) is 3. The van der Waals surface area contributed by atoms with Crippen LogP contribution in [0.3, 0.4) is 0 Å². The summed E-state index contributed by atoms with van der Waals surface area (Å²) in [5.74, 6) is 0. The van der Waals surface area contributed by atoms with E-state index in [9.17, 15) is 14.4 Å². The third-order valence-corrected chi connectivity index (χ3v) is 2.33. The zero-order valence-corrected chi connectivity index (χ0v) is 8.33. The second kappa shape index (κ2) is 4.21. The molecule has 0 saturated carbocycles. The molecule has 0 aromatic rings. The zero-order valence-electron chi connectivity index (χ0n) is 6.07. The maximum Gasteiger partial charge on any atom is 0.236 e. The lowest BCUT2D eigenvalue weighted by Crippen LogP contribution is -2.32. The molecular weight excluding hydrogens is 226 g/mol. The summed E-state index contributed by atoms with van der Waals surface area (Å²) in [6.45, 7) is 1.16. The van der Waals surface area contributed by atoms with Crippen LogP contribution in [0.25, 0.3) is 0 Å². The van der Waals surface area contributed by atoms with Crippen LogP contribution in [0.15, 0.2) is 0 Å². The fourth-order valence-corrected chi connectivity index (χ4v) is 1.12. The van der Waals surface area contributed by atoms with E-state index in [1.807, 2.05) is 0 Å². The van der Waals surface area contributed by atoms with Crippen LogP contribution in [0.4, 0.5) is 0 Å². The van der Waals surface area contributed by atoms with E-state index in [0.717, 1.165) is 6.92 Å². The minimum absolute atomic E-state index is 0.487. The molecule has 0 aliphatic rings. The molecule has 0 N–H and O–H groups in total. The lowest BCUT2D eigenvalue weighted by molar-refractivity contribution is -0.133. The fourth-order valence-electron chi connectivity index (χ4n) is 0.494. The zero-order chi connectivity index (χ0) is 9.94. The van der Waals surface area contributed by atoms with Crippen LogP contribution < -0.4 is 0 Å². The highest BCUT2D eigenvalue weighted by Gasteiger charge is 2.40. The normalized spacial score (nSPS) is 11.0. The van der Waals surface area contributed by atoms with Crippen molar-refractivity contribution in [3.05, 3.63) is 0 Å². The van der Waals surface area contributed by atoms with Crippen molar-refractivity contribution in [3.8, 4) is 0 Å². The summed E-state index contributed by atoms with van der Waals surface area (Å²) in [5.41, 5.74) is -1.71. The van der Waals surface area contributed by atoms with Crippen molar-refractivity contribution in [3.63, 3.8) is 0 Å². The molecule has 68 valence electrons. The third-order valence-electron chi connectivity index (χ3n) is 1.36. The maximum atomic E-state index is 10.7. The molecule has 12 heavy (non-hydrogen) atoms. The van der Waals surface area contributed by atoms with E-state index in [4.69, 9.17) is 34.8 Å². The van der Waals surface area contributed by atoms with Gasteiger partial charge in [-0.15, -0.1) is 0 Å². The molecule has 6 heteroatoms. The van der Waals surface area contributed by atoms with Crippen LogP contribution in [0.2, 0.25) is 0 Å². The maximum absolute atomic E-state index is 10.7. The van der Waals surface area contributed by atoms with Crippen LogP contribution in [0, 0.1) is 5.41 Å². The van der Waals surface area contributed by atoms with Crippen molar-refractivity contribution < 1.29 is 14.4 Å². The first kappa shape index (κ1) is 11.9. The van der Waals surface area contributed by atoms with E-state index in [1.165, 1.54) is 0 Å². The smallest absolute Gasteiger partial charge is 0.236 e. The van der Waals surface area contributed by atoms with Gasteiger partial charge in [-0.25, -0.2) is 0 Å². The molecule has 0 amide bonds. The van der Waals surface area contributed by atoms with Gasteiger partial charge in [0.1, 0.15) is 5.41 Å². The summed E-state index contributed by atoms with van der Waals surface area (Å²) in [5, 5.41) is -2.81. The average molecular weight is 231 g/mol. The van der Waals surface area contributed by atoms with Crippen LogP contribution in [0.1, 0.15) is 13.3 Å². The van der Waals surface area contributed by atoms with Crippen molar-refractivity contribution in [1.82, 2.24) is 0 Å². The Hall–Kier alpha value is -0.120. The fraction of sp³-hybridized carbons (Fsp3) is 0.500. The molecule has 0 unspecified atom stereocenters. The predicted octanol–water partition coefficient (Wildman–Crippen LogP) is 1.68. The highest BCUT2D eigenvalue weighted by atomic mass is 35.5. The molecule has 0 rings (SSSR count). The second-order valence-corrected chi connectivity index (χ2v) is 3.52. The van der Waals surface area contributed by atoms with Gasteiger partial charge in [0.2, 0.25) is 15.7 Å². The standard InChI is InChI=1S/C6H5Cl3O3/c1-6(4(8)11,5(9)12)2-3(7)10/h2H2,1H3.